The van der Waals surface area contributed by atoms with Crippen molar-refractivity contribution >= 4 is 28.6 Å². The lowest BCUT2D eigenvalue weighted by Crippen LogP contribution is -2.22. The van der Waals surface area contributed by atoms with Crippen molar-refractivity contribution in [3.05, 3.63) is 22.1 Å². The smallest absolute Gasteiger partial charge is 0.226 e. The zero-order chi connectivity index (χ0) is 15.7. The molecule has 1 saturated heterocycles. The first-order valence-corrected chi connectivity index (χ1v) is 6.94. The van der Waals surface area contributed by atoms with Crippen LogP contribution >= 0.6 is 11.6 Å². The molecule has 3 rings (SSSR count). The lowest BCUT2D eigenvalue weighted by molar-refractivity contribution is -0.0232. The van der Waals surface area contributed by atoms with Crippen molar-refractivity contribution in [3.8, 4) is 0 Å². The molecule has 0 saturated carbocycles. The van der Waals surface area contributed by atoms with Crippen LogP contribution in [0.5, 0.6) is 0 Å². The van der Waals surface area contributed by atoms with Crippen LogP contribution in [0, 0.1) is 0 Å². The number of nitrogens with one attached hydrogen (secondary N) is 1. The molecule has 2 aromatic rings. The normalized spacial score (nSPS) is 24.4. The molecular weight excluding hydrogens is 312 g/mol. The summed E-state index contributed by atoms with van der Waals surface area (Å²) in [6.45, 7) is -0.232. The number of nitrogens with zero attached hydrogens (tertiary/aromatic N) is 7. The number of ether oxygens (including phenoxy) is 1. The van der Waals surface area contributed by atoms with Crippen LogP contribution in [-0.4, -0.2) is 50.4 Å². The van der Waals surface area contributed by atoms with Crippen molar-refractivity contribution in [2.24, 2.45) is 5.11 Å². The van der Waals surface area contributed by atoms with E-state index in [0.29, 0.717) is 23.4 Å². The number of aromatic nitrogens is 4. The van der Waals surface area contributed by atoms with Crippen LogP contribution in [0.25, 0.3) is 21.6 Å². The van der Waals surface area contributed by atoms with Crippen LogP contribution in [0.3, 0.4) is 0 Å². The first-order chi connectivity index (χ1) is 10.7. The highest BCUT2D eigenvalue weighted by molar-refractivity contribution is 6.28. The molecule has 22 heavy (non-hydrogen) atoms. The molecule has 0 radical (unpaired) electrons. The lowest BCUT2D eigenvalue weighted by Gasteiger charge is -2.14. The van der Waals surface area contributed by atoms with Crippen LogP contribution in [0.15, 0.2) is 11.4 Å². The third kappa shape index (κ3) is 2.42. The Morgan fingerprint density at radius 3 is 3.14 bits per heavy atom. The number of azide groups is 1. The Morgan fingerprint density at radius 2 is 2.45 bits per heavy atom. The van der Waals surface area contributed by atoms with Gasteiger partial charge in [-0.15, -0.1) is 0 Å². The molecule has 3 heterocycles. The van der Waals surface area contributed by atoms with E-state index in [-0.39, 0.29) is 11.9 Å². The second kappa shape index (κ2) is 5.93. The quantitative estimate of drug-likeness (QED) is 0.378. The van der Waals surface area contributed by atoms with Gasteiger partial charge in [0.2, 0.25) is 5.28 Å². The highest BCUT2D eigenvalue weighted by atomic mass is 35.5. The molecule has 2 aromatic heterocycles. The predicted molar refractivity (Wildman–Crippen MR) is 78.4 cm³/mol. The molecular formula is C11H13ClN8O2. The van der Waals surface area contributed by atoms with Gasteiger partial charge in [-0.3, -0.25) is 4.57 Å². The first kappa shape index (κ1) is 14.8. The van der Waals surface area contributed by atoms with E-state index in [9.17, 15) is 5.11 Å². The van der Waals surface area contributed by atoms with Gasteiger partial charge in [0.1, 0.15) is 6.23 Å². The topological polar surface area (TPSA) is 134 Å². The Bertz CT molecular complexity index is 743. The number of halogens is 1. The summed E-state index contributed by atoms with van der Waals surface area (Å²) in [5, 5.41) is 16.0. The summed E-state index contributed by atoms with van der Waals surface area (Å²) >= 11 is 5.92. The van der Waals surface area contributed by atoms with Gasteiger partial charge in [0.15, 0.2) is 17.0 Å². The van der Waals surface area contributed by atoms with Crippen LogP contribution in [-0.2, 0) is 4.74 Å². The van der Waals surface area contributed by atoms with Crippen molar-refractivity contribution in [3.63, 3.8) is 0 Å². The molecule has 11 heteroatoms. The molecule has 0 bridgehead atoms. The van der Waals surface area contributed by atoms with Gasteiger partial charge < -0.3 is 15.2 Å². The number of hydrogen-bond acceptors (Lipinski definition) is 7. The minimum Gasteiger partial charge on any atom is -0.394 e. The van der Waals surface area contributed by atoms with Gasteiger partial charge in [-0.2, -0.15) is 9.97 Å². The van der Waals surface area contributed by atoms with Crippen molar-refractivity contribution in [2.75, 3.05) is 19.0 Å². The van der Waals surface area contributed by atoms with Gasteiger partial charge in [-0.05, 0) is 17.1 Å². The average Bonchev–Trinajstić information content (AvgIpc) is 3.10. The Hall–Kier alpha value is -2.13. The molecule has 1 aliphatic heterocycles. The molecule has 0 aromatic carbocycles. The van der Waals surface area contributed by atoms with Gasteiger partial charge in [0.25, 0.3) is 0 Å². The van der Waals surface area contributed by atoms with E-state index in [0.717, 1.165) is 0 Å². The molecule has 116 valence electrons. The van der Waals surface area contributed by atoms with Gasteiger partial charge in [-0.25, -0.2) is 4.98 Å². The van der Waals surface area contributed by atoms with Crippen molar-refractivity contribution < 1.29 is 9.84 Å². The van der Waals surface area contributed by atoms with Gasteiger partial charge in [0, 0.05) is 18.4 Å². The highest BCUT2D eigenvalue weighted by Gasteiger charge is 2.36. The van der Waals surface area contributed by atoms with E-state index in [1.807, 2.05) is 0 Å². The maximum absolute atomic E-state index is 9.33. The molecule has 1 aliphatic rings. The molecule has 0 aliphatic carbocycles. The first-order valence-electron chi connectivity index (χ1n) is 6.56. The maximum atomic E-state index is 9.33. The van der Waals surface area contributed by atoms with E-state index < -0.39 is 18.4 Å². The number of imidazole rings is 1. The number of aliphatic hydroxyl groups excluding tert-OH is 1. The fraction of sp³-hybridized carbons (Fsp3) is 0.545. The van der Waals surface area contributed by atoms with E-state index in [2.05, 4.69) is 30.3 Å². The largest absolute Gasteiger partial charge is 0.394 e. The third-order valence-electron chi connectivity index (χ3n) is 3.53. The third-order valence-corrected chi connectivity index (χ3v) is 3.69. The molecule has 1 fully saturated rings. The second-order valence-corrected chi connectivity index (χ2v) is 5.07. The van der Waals surface area contributed by atoms with Gasteiger partial charge in [-0.1, -0.05) is 5.11 Å². The van der Waals surface area contributed by atoms with Crippen molar-refractivity contribution in [2.45, 2.75) is 24.8 Å². The minimum atomic E-state index is -0.556. The zero-order valence-corrected chi connectivity index (χ0v) is 12.3. The van der Waals surface area contributed by atoms with Crippen molar-refractivity contribution in [1.82, 2.24) is 19.5 Å². The van der Waals surface area contributed by atoms with Gasteiger partial charge in [0.05, 0.1) is 25.1 Å². The molecule has 2 N–H and O–H groups in total. The number of rotatable bonds is 4. The zero-order valence-electron chi connectivity index (χ0n) is 11.6. The summed E-state index contributed by atoms with van der Waals surface area (Å²) in [5.74, 6) is 0.511. The van der Waals surface area contributed by atoms with Crippen molar-refractivity contribution in [1.29, 1.82) is 0 Å². The second-order valence-electron chi connectivity index (χ2n) is 4.74. The SMILES string of the molecule is CNc1nc(Cl)nc2c1ncn2[C@H]1C[C@H](N=[N+]=[N-])[C@@H](CO)O1. The minimum absolute atomic E-state index is 0.0851. The molecule has 10 nitrogen and oxygen atoms in total. The lowest BCUT2D eigenvalue weighted by atomic mass is 10.1. The number of fused-ring (bicyclic) bond motifs is 1. The summed E-state index contributed by atoms with van der Waals surface area (Å²) in [6.07, 6.45) is 0.971. The summed E-state index contributed by atoms with van der Waals surface area (Å²) in [4.78, 5) is 15.3. The summed E-state index contributed by atoms with van der Waals surface area (Å²) < 4.78 is 7.42. The van der Waals surface area contributed by atoms with Crippen LogP contribution in [0.4, 0.5) is 5.82 Å². The number of hydrogen-bond donors (Lipinski definition) is 2. The predicted octanol–water partition coefficient (Wildman–Crippen LogP) is 1.48. The molecule has 0 spiro atoms. The highest BCUT2D eigenvalue weighted by Crippen LogP contribution is 2.33. The van der Waals surface area contributed by atoms with E-state index in [1.54, 1.807) is 17.9 Å². The van der Waals surface area contributed by atoms with Crippen LogP contribution in [0.1, 0.15) is 12.6 Å². The Morgan fingerprint density at radius 1 is 1.64 bits per heavy atom. The van der Waals surface area contributed by atoms with Gasteiger partial charge >= 0.3 is 0 Å². The van der Waals surface area contributed by atoms with E-state index in [1.165, 1.54) is 0 Å². The van der Waals surface area contributed by atoms with Crippen LogP contribution < -0.4 is 5.32 Å². The molecule has 0 unspecified atom stereocenters. The molecule has 3 atom stereocenters. The van der Waals surface area contributed by atoms with E-state index >= 15 is 0 Å². The molecule has 0 amide bonds. The average molecular weight is 325 g/mol. The Balaban J connectivity index is 2.01. The van der Waals surface area contributed by atoms with Crippen LogP contribution in [0.2, 0.25) is 5.28 Å². The fourth-order valence-electron chi connectivity index (χ4n) is 2.51. The Kier molecular flexibility index (Phi) is 3.99. The number of aliphatic hydroxyl groups is 1. The summed E-state index contributed by atoms with van der Waals surface area (Å²) in [6, 6.07) is -0.446. The fourth-order valence-corrected chi connectivity index (χ4v) is 2.68. The van der Waals surface area contributed by atoms with E-state index in [4.69, 9.17) is 21.9 Å². The number of anilines is 1. The maximum Gasteiger partial charge on any atom is 0.226 e. The summed E-state index contributed by atoms with van der Waals surface area (Å²) in [7, 11) is 1.71. The monoisotopic (exact) mass is 324 g/mol. The standard InChI is InChI=1S/C11H13ClN8O2/c1-14-9-8-10(17-11(12)16-9)20(4-15-8)7-2-5(18-19-13)6(3-21)22-7/h4-7,21H,2-3H2,1H3,(H,14,16,17)/t5-,6+,7+/m0/s1. The summed E-state index contributed by atoms with van der Waals surface area (Å²) in [5.41, 5.74) is 9.65. The Labute approximate surface area is 129 Å².